The second-order valence-electron chi connectivity index (χ2n) is 23.1. The fourth-order valence-corrected chi connectivity index (χ4v) is 11.2. The number of fused-ring (bicyclic) bond motifs is 2. The van der Waals surface area contributed by atoms with E-state index in [1.54, 1.807) is 6.20 Å². The second-order valence-corrected chi connectivity index (χ2v) is 23.1. The number of alkyl carbamates (subject to hydrolysis) is 1. The summed E-state index contributed by atoms with van der Waals surface area (Å²) in [6, 6.07) is -4.57. The maximum Gasteiger partial charge on any atom is 0.407 e. The van der Waals surface area contributed by atoms with E-state index in [0.717, 1.165) is 4.90 Å². The van der Waals surface area contributed by atoms with Crippen LogP contribution in [0.4, 0.5) is 16.4 Å². The number of ether oxygens (including phenoxy) is 7. The zero-order valence-corrected chi connectivity index (χ0v) is 50.8. The standard InChI is InChI=1S/C52H82N24O18/c53-10-25-37(82)39(84)32(58)49(89-25)92-42-24(56)9-23(55)36(81)44(42)94-51-41(86)43(93-50-33(59)40(85)38(83)26(11-54)90-50)27(91-51)13-76-12-22(70-71-76)3-1-2-8-88-52(87)63-5-7-73(31(80)17-75-21-69-35-46(61)65-19-67-48(35)75)15-29(78)62-4-6-72(14-28(57)77)30(79)16-74-20-68-34-45(60)64-18-66-47(34)74/h12,18-21,23-27,32-33,36-44,49-51,81-86H,1-11,13-17,53-56,58-59H2,(H2,57,77)(H,62,78)(H,63,87)(H2,60,64,66)(H2,61,65,67)/t23-,24+,25-,26+,27-,32-,33-,36+,37-,38-,39-,40-,41-,42-,43-,44-,49-,50-,51+/m1/s1. The van der Waals surface area contributed by atoms with Crippen molar-refractivity contribution in [2.45, 2.75) is 162 Å². The number of aryl methyl sites for hydroxylation is 1. The minimum atomic E-state index is -1.71. The van der Waals surface area contributed by atoms with Crippen molar-refractivity contribution in [3.8, 4) is 0 Å². The summed E-state index contributed by atoms with van der Waals surface area (Å²) in [6.07, 6.45) is -14.2. The Morgan fingerprint density at radius 3 is 1.71 bits per heavy atom. The van der Waals surface area contributed by atoms with Gasteiger partial charge in [0.05, 0.1) is 62.8 Å². The predicted octanol–water partition coefficient (Wildman–Crippen LogP) is -11.4. The van der Waals surface area contributed by atoms with Crippen LogP contribution in [-0.4, -0.2) is 299 Å². The average Bonchev–Trinajstić information content (AvgIpc) is 1.25. The van der Waals surface area contributed by atoms with Crippen molar-refractivity contribution >= 4 is 63.7 Å². The maximum atomic E-state index is 13.9. The van der Waals surface area contributed by atoms with Crippen LogP contribution in [-0.2, 0) is 78.4 Å². The molecule has 5 aromatic rings. The van der Waals surface area contributed by atoms with Gasteiger partial charge in [0, 0.05) is 57.5 Å². The Hall–Kier alpha value is -7.73. The van der Waals surface area contributed by atoms with Crippen molar-refractivity contribution < 1.29 is 87.8 Å². The number of carbonyl (C=O) groups is 5. The molecule has 4 fully saturated rings. The van der Waals surface area contributed by atoms with E-state index in [1.807, 2.05) is 0 Å². The van der Waals surface area contributed by atoms with Gasteiger partial charge in [-0.25, -0.2) is 39.4 Å². The van der Waals surface area contributed by atoms with Gasteiger partial charge in [-0.05, 0) is 25.7 Å². The van der Waals surface area contributed by atoms with Crippen LogP contribution in [0.5, 0.6) is 0 Å². The van der Waals surface area contributed by atoms with Gasteiger partial charge in [-0.3, -0.25) is 19.2 Å². The average molecular weight is 1330 g/mol. The number of carbonyl (C=O) groups excluding carboxylic acids is 5. The van der Waals surface area contributed by atoms with E-state index >= 15 is 0 Å². The molecule has 4 aliphatic rings. The molecule has 0 unspecified atom stereocenters. The van der Waals surface area contributed by atoms with E-state index in [9.17, 15) is 54.6 Å². The molecule has 42 nitrogen and oxygen atoms in total. The predicted molar refractivity (Wildman–Crippen MR) is 318 cm³/mol. The first-order valence-corrected chi connectivity index (χ1v) is 30.1. The summed E-state index contributed by atoms with van der Waals surface area (Å²) in [5.41, 5.74) is 55.7. The number of nitrogens with zero attached hydrogens (tertiary/aromatic N) is 13. The molecular formula is C52H82N24O18. The SMILES string of the molecule is NC[C@@H]1O[C@H](O[C@H]2[C@@H](O)[C@H](O[C@@H]3[C@@H](O)[C@H](N)C[C@H](N)[C@H]3O[C@H]3O[C@H](CN)[C@@H](O)[C@H](O)[C@H]3N)O[C@@H]2Cn2cc(CCCCOC(=O)NCCN(CC(=O)NCCN(CC(N)=O)C(=O)Cn3cnc4c(N)ncnc43)C(=O)Cn3cnc4c(N)ncnc43)nn2)[C@H](N)[C@@H](O)[C@@H]1O. The number of aliphatic hydroxyl groups excluding tert-OH is 6. The van der Waals surface area contributed by atoms with E-state index in [4.69, 9.17) is 84.8 Å². The Labute approximate surface area is 533 Å². The lowest BCUT2D eigenvalue weighted by atomic mass is 9.84. The quantitative estimate of drug-likeness (QED) is 0.0198. The number of aromatic nitrogens is 11. The van der Waals surface area contributed by atoms with Crippen LogP contribution >= 0.6 is 0 Å². The van der Waals surface area contributed by atoms with Gasteiger partial charge in [-0.15, -0.1) is 5.10 Å². The Morgan fingerprint density at radius 2 is 1.15 bits per heavy atom. The summed E-state index contributed by atoms with van der Waals surface area (Å²) in [5.74, 6) is -2.42. The topological polar surface area (TPSA) is 654 Å². The molecule has 1 aliphatic carbocycles. The third kappa shape index (κ3) is 16.7. The molecular weight excluding hydrogens is 1250 g/mol. The smallest absolute Gasteiger partial charge is 0.407 e. The highest BCUT2D eigenvalue weighted by Crippen LogP contribution is 2.35. The summed E-state index contributed by atoms with van der Waals surface area (Å²) >= 11 is 0. The summed E-state index contributed by atoms with van der Waals surface area (Å²) in [4.78, 5) is 92.3. The molecule has 42 heteroatoms. The van der Waals surface area contributed by atoms with Gasteiger partial charge < -0.3 is 145 Å². The van der Waals surface area contributed by atoms with E-state index < -0.39 is 159 Å². The lowest BCUT2D eigenvalue weighted by Crippen LogP contribution is -2.68. The van der Waals surface area contributed by atoms with E-state index in [2.05, 4.69) is 50.8 Å². The van der Waals surface area contributed by atoms with Crippen LogP contribution in [0.3, 0.4) is 0 Å². The Bertz CT molecular complexity index is 3370. The molecule has 0 bridgehead atoms. The summed E-state index contributed by atoms with van der Waals surface area (Å²) in [5, 5.41) is 79.7. The molecule has 5 aromatic heterocycles. The number of nitrogens with one attached hydrogen (secondary N) is 2. The summed E-state index contributed by atoms with van der Waals surface area (Å²) in [6.45, 7) is -2.96. The third-order valence-electron chi connectivity index (χ3n) is 16.4. The normalized spacial score (nSPS) is 30.3. The first-order chi connectivity index (χ1) is 44.9. The molecule has 8 heterocycles. The number of aliphatic hydroxyl groups is 6. The van der Waals surface area contributed by atoms with Gasteiger partial charge in [-0.1, -0.05) is 5.21 Å². The van der Waals surface area contributed by atoms with Crippen LogP contribution in [0.15, 0.2) is 31.5 Å². The fourth-order valence-electron chi connectivity index (χ4n) is 11.2. The molecule has 0 aromatic carbocycles. The van der Waals surface area contributed by atoms with Crippen LogP contribution in [0.25, 0.3) is 22.3 Å². The number of nitrogens with two attached hydrogens (primary N) is 9. The lowest BCUT2D eigenvalue weighted by Gasteiger charge is -2.47. The molecule has 0 spiro atoms. The zero-order chi connectivity index (χ0) is 67.7. The number of hydrogen-bond donors (Lipinski definition) is 17. The number of imidazole rings is 2. The number of amides is 5. The van der Waals surface area contributed by atoms with Gasteiger partial charge in [0.25, 0.3) is 0 Å². The van der Waals surface area contributed by atoms with Gasteiger partial charge in [-0.2, -0.15) is 0 Å². The van der Waals surface area contributed by atoms with Crippen molar-refractivity contribution in [3.05, 3.63) is 37.2 Å². The highest BCUT2D eigenvalue weighted by molar-refractivity contribution is 5.88. The zero-order valence-electron chi connectivity index (χ0n) is 50.8. The van der Waals surface area contributed by atoms with E-state index in [-0.39, 0.29) is 106 Å². The Balaban J connectivity index is 0.776. The number of unbranched alkanes of at least 4 members (excludes halogenated alkanes) is 1. The van der Waals surface area contributed by atoms with Crippen LogP contribution in [0, 0.1) is 0 Å². The van der Waals surface area contributed by atoms with Crippen LogP contribution in [0.2, 0.25) is 0 Å². The maximum absolute atomic E-state index is 13.9. The van der Waals surface area contributed by atoms with Crippen LogP contribution in [0.1, 0.15) is 25.0 Å². The molecule has 26 N–H and O–H groups in total. The first-order valence-electron chi connectivity index (χ1n) is 30.1. The number of nitrogen functional groups attached to an aromatic ring is 2. The first kappa shape index (κ1) is 70.6. The van der Waals surface area contributed by atoms with Gasteiger partial charge in [0.2, 0.25) is 23.6 Å². The number of primary amides is 1. The molecule has 0 radical (unpaired) electrons. The second kappa shape index (κ2) is 31.7. The van der Waals surface area contributed by atoms with Crippen molar-refractivity contribution in [2.24, 2.45) is 40.1 Å². The van der Waals surface area contributed by atoms with Crippen molar-refractivity contribution in [2.75, 3.05) is 70.4 Å². The number of rotatable bonds is 29. The lowest BCUT2D eigenvalue weighted by molar-refractivity contribution is -0.306. The Morgan fingerprint density at radius 1 is 0.617 bits per heavy atom. The van der Waals surface area contributed by atoms with Crippen LogP contribution < -0.4 is 62.2 Å². The molecule has 1 saturated carbocycles. The molecule has 3 saturated heterocycles. The minimum absolute atomic E-state index is 0.0187. The number of anilines is 2. The summed E-state index contributed by atoms with van der Waals surface area (Å²) < 4.78 is 46.2. The largest absolute Gasteiger partial charge is 0.450 e. The third-order valence-corrected chi connectivity index (χ3v) is 16.4. The van der Waals surface area contributed by atoms with Gasteiger partial charge >= 0.3 is 6.09 Å². The fraction of sp³-hybridized carbons (Fsp3) is 0.673. The highest BCUT2D eigenvalue weighted by Gasteiger charge is 2.55. The molecule has 9 rings (SSSR count). The Kier molecular flexibility index (Phi) is 23.8. The monoisotopic (exact) mass is 1330 g/mol. The minimum Gasteiger partial charge on any atom is -0.450 e. The van der Waals surface area contributed by atoms with E-state index in [0.29, 0.717) is 25.0 Å². The molecule has 94 heavy (non-hydrogen) atoms. The molecule has 3 aliphatic heterocycles. The van der Waals surface area contributed by atoms with Gasteiger partial charge in [0.1, 0.15) is 104 Å². The van der Waals surface area contributed by atoms with Gasteiger partial charge in [0.15, 0.2) is 41.8 Å². The van der Waals surface area contributed by atoms with Crippen molar-refractivity contribution in [1.82, 2.24) is 74.5 Å². The molecule has 19 atom stereocenters. The number of hydrogen-bond acceptors (Lipinski definition) is 34. The van der Waals surface area contributed by atoms with Crippen molar-refractivity contribution in [3.63, 3.8) is 0 Å². The highest BCUT2D eigenvalue weighted by atomic mass is 16.8. The van der Waals surface area contributed by atoms with Crippen molar-refractivity contribution in [1.29, 1.82) is 0 Å². The molecule has 518 valence electrons. The molecule has 5 amide bonds. The summed E-state index contributed by atoms with van der Waals surface area (Å²) in [7, 11) is 0. The van der Waals surface area contributed by atoms with E-state index in [1.165, 1.54) is 44.0 Å².